The number of hydrogen-bond acceptors (Lipinski definition) is 0. The molecule has 0 spiro atoms. The first-order valence-corrected chi connectivity index (χ1v) is 1.55. The van der Waals surface area contributed by atoms with E-state index < -0.39 is 0 Å². The van der Waals surface area contributed by atoms with Crippen LogP contribution in [0.25, 0.3) is 0 Å². The van der Waals surface area contributed by atoms with Crippen LogP contribution in [0, 0.1) is 0 Å². The van der Waals surface area contributed by atoms with Crippen LogP contribution in [0.15, 0.2) is 24.8 Å². The van der Waals surface area contributed by atoms with Crippen molar-refractivity contribution in [3.05, 3.63) is 24.8 Å². The van der Waals surface area contributed by atoms with Crippen molar-refractivity contribution < 1.29 is 22.4 Å². The second-order valence-electron chi connectivity index (χ2n) is 1.05. The van der Waals surface area contributed by atoms with E-state index in [0.29, 0.717) is 0 Å². The van der Waals surface area contributed by atoms with E-state index in [4.69, 9.17) is 0 Å². The van der Waals surface area contributed by atoms with Crippen molar-refractivity contribution in [2.75, 3.05) is 0 Å². The van der Waals surface area contributed by atoms with Crippen LogP contribution in [-0.4, -0.2) is 0 Å². The second-order valence-corrected chi connectivity index (χ2v) is 1.05. The van der Waals surface area contributed by atoms with Gasteiger partial charge in [-0.2, -0.15) is 0 Å². The van der Waals surface area contributed by atoms with E-state index in [1.165, 1.54) is 0 Å². The van der Waals surface area contributed by atoms with Gasteiger partial charge in [-0.05, 0) is 6.92 Å². The molecule has 1 heteroatoms. The van der Waals surface area contributed by atoms with Crippen LogP contribution in [0.3, 0.4) is 0 Å². The zero-order valence-corrected chi connectivity index (χ0v) is 5.28. The molecule has 0 saturated heterocycles. The molecule has 0 atom stereocenters. The summed E-state index contributed by atoms with van der Waals surface area (Å²) in [5, 5.41) is 0. The van der Waals surface area contributed by atoms with Crippen LogP contribution in [0.5, 0.6) is 0 Å². The van der Waals surface area contributed by atoms with Crippen molar-refractivity contribution in [2.45, 2.75) is 6.92 Å². The second kappa shape index (κ2) is 5.22. The van der Waals surface area contributed by atoms with E-state index in [9.17, 15) is 0 Å². The van der Waals surface area contributed by atoms with Gasteiger partial charge in [-0.3, -0.25) is 0 Å². The molecule has 0 bridgehead atoms. The first-order valence-electron chi connectivity index (χ1n) is 1.55. The summed E-state index contributed by atoms with van der Waals surface area (Å²) in [5.41, 5.74) is 1.02. The Bertz CT molecular complexity index is 55.0. The number of hydrogen-bond donors (Lipinski definition) is 0. The first kappa shape index (κ1) is 9.52. The minimum absolute atomic E-state index is 0. The molecule has 0 aromatic heterocycles. The van der Waals surface area contributed by atoms with Gasteiger partial charge in [0.05, 0.1) is 0 Å². The Hall–Kier alpha value is 0.220. The smallest absolute Gasteiger partial charge is 0 e. The van der Waals surface area contributed by atoms with Crippen molar-refractivity contribution in [1.82, 2.24) is 0 Å². The molecule has 0 saturated carbocycles. The molecule has 0 N–H and O–H groups in total. The standard InChI is InChI=1S/C5H8.Ag/c1-4-5(2)3;/h4H,1-2H2,3H3;. The zero-order chi connectivity index (χ0) is 4.28. The predicted molar refractivity (Wildman–Crippen MR) is 25.0 cm³/mol. The monoisotopic (exact) mass is 175 g/mol. The maximum absolute atomic E-state index is 3.56. The maximum Gasteiger partial charge on any atom is 0 e. The molecular weight excluding hydrogens is 168 g/mol. The van der Waals surface area contributed by atoms with Crippen molar-refractivity contribution >= 4 is 0 Å². The van der Waals surface area contributed by atoms with Crippen molar-refractivity contribution in [1.29, 1.82) is 0 Å². The van der Waals surface area contributed by atoms with Gasteiger partial charge in [-0.25, -0.2) is 0 Å². The third-order valence-electron chi connectivity index (χ3n) is 0.348. The van der Waals surface area contributed by atoms with E-state index in [1.54, 1.807) is 6.08 Å². The van der Waals surface area contributed by atoms with Gasteiger partial charge in [-0.15, -0.1) is 0 Å². The predicted octanol–water partition coefficient (Wildman–Crippen LogP) is 1.75. The Morgan fingerprint density at radius 2 is 1.83 bits per heavy atom. The fraction of sp³-hybridized carbons (Fsp3) is 0.200. The third kappa shape index (κ3) is 8.88. The van der Waals surface area contributed by atoms with Crippen LogP contribution in [0.2, 0.25) is 0 Å². The molecule has 0 aliphatic carbocycles. The summed E-state index contributed by atoms with van der Waals surface area (Å²) in [6, 6.07) is 0. The topological polar surface area (TPSA) is 0 Å². The maximum atomic E-state index is 3.56. The minimum Gasteiger partial charge on any atom is -0.0988 e. The molecule has 0 aromatic rings. The molecule has 0 heterocycles. The van der Waals surface area contributed by atoms with Crippen LogP contribution < -0.4 is 0 Å². The Morgan fingerprint density at radius 3 is 1.83 bits per heavy atom. The zero-order valence-electron chi connectivity index (χ0n) is 3.79. The molecule has 0 amide bonds. The van der Waals surface area contributed by atoms with Gasteiger partial charge in [-0.1, -0.05) is 24.8 Å². The molecule has 0 fully saturated rings. The normalized spacial score (nSPS) is 5.50. The van der Waals surface area contributed by atoms with Gasteiger partial charge in [0.15, 0.2) is 0 Å². The Balaban J connectivity index is 0. The molecule has 0 nitrogen and oxygen atoms in total. The molecule has 0 aromatic carbocycles. The molecule has 1 radical (unpaired) electrons. The van der Waals surface area contributed by atoms with Crippen molar-refractivity contribution in [2.24, 2.45) is 0 Å². The van der Waals surface area contributed by atoms with Crippen LogP contribution in [0.1, 0.15) is 6.92 Å². The molecule has 39 valence electrons. The Labute approximate surface area is 54.5 Å². The molecule has 0 aliphatic heterocycles. The summed E-state index contributed by atoms with van der Waals surface area (Å²) < 4.78 is 0. The Morgan fingerprint density at radius 1 is 1.67 bits per heavy atom. The third-order valence-corrected chi connectivity index (χ3v) is 0.348. The number of rotatable bonds is 1. The average Bonchev–Trinajstić information content (AvgIpc) is 1.38. The number of allylic oxidation sites excluding steroid dienone is 2. The Kier molecular flexibility index (Phi) is 8.28. The summed E-state index contributed by atoms with van der Waals surface area (Å²) in [4.78, 5) is 0. The molecular formula is C5H8Ag. The summed E-state index contributed by atoms with van der Waals surface area (Å²) in [6.07, 6.45) is 1.72. The molecule has 0 unspecified atom stereocenters. The quantitative estimate of drug-likeness (QED) is 0.421. The molecule has 0 rings (SSSR count). The van der Waals surface area contributed by atoms with Gasteiger partial charge in [0.2, 0.25) is 0 Å². The fourth-order valence-corrected chi connectivity index (χ4v) is 0. The van der Waals surface area contributed by atoms with Gasteiger partial charge >= 0.3 is 0 Å². The van der Waals surface area contributed by atoms with E-state index >= 15 is 0 Å². The largest absolute Gasteiger partial charge is 0.0988 e. The molecule has 0 aliphatic rings. The van der Waals surface area contributed by atoms with Gasteiger partial charge in [0, 0.05) is 22.4 Å². The summed E-state index contributed by atoms with van der Waals surface area (Å²) in [6.45, 7) is 8.93. The van der Waals surface area contributed by atoms with Crippen LogP contribution >= 0.6 is 0 Å². The minimum atomic E-state index is 0. The average molecular weight is 176 g/mol. The van der Waals surface area contributed by atoms with Crippen molar-refractivity contribution in [3.63, 3.8) is 0 Å². The first-order chi connectivity index (χ1) is 2.27. The van der Waals surface area contributed by atoms with Gasteiger partial charge in [0.1, 0.15) is 0 Å². The van der Waals surface area contributed by atoms with E-state index in [2.05, 4.69) is 13.2 Å². The van der Waals surface area contributed by atoms with Gasteiger partial charge < -0.3 is 0 Å². The fourth-order valence-electron chi connectivity index (χ4n) is 0. The van der Waals surface area contributed by atoms with Gasteiger partial charge in [0.25, 0.3) is 0 Å². The summed E-state index contributed by atoms with van der Waals surface area (Å²) in [5.74, 6) is 0. The SMILES string of the molecule is C=CC(=C)C.[Ag]. The van der Waals surface area contributed by atoms with Crippen molar-refractivity contribution in [3.8, 4) is 0 Å². The molecule has 6 heavy (non-hydrogen) atoms. The van der Waals surface area contributed by atoms with Crippen LogP contribution in [0.4, 0.5) is 0 Å². The van der Waals surface area contributed by atoms with E-state index in [0.717, 1.165) is 5.57 Å². The summed E-state index contributed by atoms with van der Waals surface area (Å²) >= 11 is 0. The summed E-state index contributed by atoms with van der Waals surface area (Å²) in [7, 11) is 0. The van der Waals surface area contributed by atoms with E-state index in [1.807, 2.05) is 6.92 Å². The van der Waals surface area contributed by atoms with Crippen LogP contribution in [-0.2, 0) is 22.4 Å². The van der Waals surface area contributed by atoms with E-state index in [-0.39, 0.29) is 22.4 Å².